The first-order valence-electron chi connectivity index (χ1n) is 6.37. The van der Waals surface area contributed by atoms with Crippen molar-refractivity contribution in [3.63, 3.8) is 0 Å². The molecular weight excluding hydrogens is 242 g/mol. The van der Waals surface area contributed by atoms with Gasteiger partial charge < -0.3 is 10.1 Å². The Balaban J connectivity index is 1.88. The number of carbonyl (C=O) groups is 1. The van der Waals surface area contributed by atoms with Crippen molar-refractivity contribution in [1.29, 1.82) is 5.26 Å². The molecule has 2 rings (SSSR count). The number of ether oxygens (including phenoxy) is 1. The lowest BCUT2D eigenvalue weighted by molar-refractivity contribution is 0.0614. The average molecular weight is 259 g/mol. The maximum absolute atomic E-state index is 11.8. The fourth-order valence-corrected chi connectivity index (χ4v) is 2.03. The Morgan fingerprint density at radius 2 is 2.21 bits per heavy atom. The summed E-state index contributed by atoms with van der Waals surface area (Å²) in [5.74, 6) is 0.368. The number of hydrogen-bond acceptors (Lipinski definition) is 4. The van der Waals surface area contributed by atoms with Crippen LogP contribution in [0.2, 0.25) is 0 Å². The van der Waals surface area contributed by atoms with E-state index in [0.29, 0.717) is 23.7 Å². The summed E-state index contributed by atoms with van der Waals surface area (Å²) in [5.41, 5.74) is 1.18. The molecule has 2 atom stereocenters. The normalized spacial score (nSPS) is 22.3. The van der Waals surface area contributed by atoms with Crippen molar-refractivity contribution in [2.24, 2.45) is 5.92 Å². The summed E-state index contributed by atoms with van der Waals surface area (Å²) in [5, 5.41) is 14.6. The van der Waals surface area contributed by atoms with Crippen molar-refractivity contribution in [1.82, 2.24) is 5.32 Å². The van der Waals surface area contributed by atoms with E-state index < -0.39 is 6.09 Å². The number of nitrogens with one attached hydrogen (secondary N) is 2. The van der Waals surface area contributed by atoms with Crippen LogP contribution in [0.4, 0.5) is 10.5 Å². The second-order valence-electron chi connectivity index (χ2n) is 4.73. The van der Waals surface area contributed by atoms with Crippen LogP contribution in [0.15, 0.2) is 24.3 Å². The Morgan fingerprint density at radius 1 is 1.47 bits per heavy atom. The van der Waals surface area contributed by atoms with E-state index in [9.17, 15) is 4.79 Å². The largest absolute Gasteiger partial charge is 0.444 e. The van der Waals surface area contributed by atoms with Gasteiger partial charge in [-0.05, 0) is 43.1 Å². The topological polar surface area (TPSA) is 74.2 Å². The monoisotopic (exact) mass is 259 g/mol. The third kappa shape index (κ3) is 3.70. The highest BCUT2D eigenvalue weighted by atomic mass is 16.6. The number of nitriles is 1. The summed E-state index contributed by atoms with van der Waals surface area (Å²) < 4.78 is 5.39. The number of hydrogen-bond donors (Lipinski definition) is 2. The van der Waals surface area contributed by atoms with E-state index >= 15 is 0 Å². The minimum atomic E-state index is -0.453. The molecule has 5 nitrogen and oxygen atoms in total. The maximum atomic E-state index is 11.8. The van der Waals surface area contributed by atoms with Crippen LogP contribution < -0.4 is 10.6 Å². The summed E-state index contributed by atoms with van der Waals surface area (Å²) in [6, 6.07) is 8.70. The van der Waals surface area contributed by atoms with E-state index in [2.05, 4.69) is 17.6 Å². The highest BCUT2D eigenvalue weighted by Crippen LogP contribution is 2.16. The number of anilines is 1. The molecule has 1 saturated heterocycles. The molecule has 1 aliphatic heterocycles. The highest BCUT2D eigenvalue weighted by Gasteiger charge is 2.24. The molecule has 1 fully saturated rings. The lowest BCUT2D eigenvalue weighted by Crippen LogP contribution is -2.42. The van der Waals surface area contributed by atoms with Gasteiger partial charge in [-0.25, -0.2) is 4.79 Å². The molecule has 2 N–H and O–H groups in total. The smallest absolute Gasteiger partial charge is 0.411 e. The molecule has 0 aromatic heterocycles. The molecule has 0 radical (unpaired) electrons. The third-order valence-electron chi connectivity index (χ3n) is 3.28. The van der Waals surface area contributed by atoms with Gasteiger partial charge in [-0.15, -0.1) is 0 Å². The summed E-state index contributed by atoms with van der Waals surface area (Å²) in [7, 11) is 0. The SMILES string of the molecule is CC1CCNCC1OC(=O)Nc1ccc(C#N)cc1. The number of carbonyl (C=O) groups excluding carboxylic acids is 1. The van der Waals surface area contributed by atoms with Crippen molar-refractivity contribution in [2.45, 2.75) is 19.4 Å². The van der Waals surface area contributed by atoms with Gasteiger partial charge >= 0.3 is 6.09 Å². The van der Waals surface area contributed by atoms with Gasteiger partial charge in [-0.3, -0.25) is 5.32 Å². The highest BCUT2D eigenvalue weighted by molar-refractivity contribution is 5.84. The molecule has 2 unspecified atom stereocenters. The van der Waals surface area contributed by atoms with Crippen molar-refractivity contribution in [2.75, 3.05) is 18.4 Å². The summed E-state index contributed by atoms with van der Waals surface area (Å²) >= 11 is 0. The van der Waals surface area contributed by atoms with Crippen molar-refractivity contribution < 1.29 is 9.53 Å². The van der Waals surface area contributed by atoms with Crippen molar-refractivity contribution >= 4 is 11.8 Å². The second-order valence-corrected chi connectivity index (χ2v) is 4.73. The van der Waals surface area contributed by atoms with Gasteiger partial charge in [0.1, 0.15) is 6.10 Å². The van der Waals surface area contributed by atoms with Crippen LogP contribution >= 0.6 is 0 Å². The molecule has 1 aromatic rings. The molecule has 1 aliphatic rings. The predicted octanol–water partition coefficient (Wildman–Crippen LogP) is 2.10. The summed E-state index contributed by atoms with van der Waals surface area (Å²) in [4.78, 5) is 11.8. The molecule has 5 heteroatoms. The van der Waals surface area contributed by atoms with Gasteiger partial charge in [0.25, 0.3) is 0 Å². The zero-order valence-corrected chi connectivity index (χ0v) is 10.8. The molecule has 19 heavy (non-hydrogen) atoms. The zero-order valence-electron chi connectivity index (χ0n) is 10.8. The van der Waals surface area contributed by atoms with Crippen LogP contribution in [-0.4, -0.2) is 25.3 Å². The van der Waals surface area contributed by atoms with Crippen LogP contribution in [-0.2, 0) is 4.74 Å². The second kappa shape index (κ2) is 6.21. The molecule has 0 spiro atoms. The average Bonchev–Trinajstić information content (AvgIpc) is 2.42. The summed E-state index contributed by atoms with van der Waals surface area (Å²) in [6.07, 6.45) is 0.465. The van der Waals surface area contributed by atoms with Gasteiger partial charge in [0.15, 0.2) is 0 Å². The number of benzene rings is 1. The molecule has 100 valence electrons. The van der Waals surface area contributed by atoms with E-state index in [1.807, 2.05) is 6.07 Å². The quantitative estimate of drug-likeness (QED) is 0.853. The fourth-order valence-electron chi connectivity index (χ4n) is 2.03. The number of amides is 1. The molecule has 1 heterocycles. The minimum Gasteiger partial charge on any atom is -0.444 e. The van der Waals surface area contributed by atoms with Gasteiger partial charge in [0, 0.05) is 12.2 Å². The summed E-state index contributed by atoms with van der Waals surface area (Å²) in [6.45, 7) is 3.75. The van der Waals surface area contributed by atoms with E-state index in [4.69, 9.17) is 10.00 Å². The fraction of sp³-hybridized carbons (Fsp3) is 0.429. The molecule has 1 aromatic carbocycles. The number of rotatable bonds is 2. The van der Waals surface area contributed by atoms with Crippen LogP contribution in [0.3, 0.4) is 0 Å². The predicted molar refractivity (Wildman–Crippen MR) is 71.7 cm³/mol. The van der Waals surface area contributed by atoms with Gasteiger partial charge in [0.2, 0.25) is 0 Å². The van der Waals surface area contributed by atoms with Crippen LogP contribution in [0.25, 0.3) is 0 Å². The van der Waals surface area contributed by atoms with Crippen molar-refractivity contribution in [3.05, 3.63) is 29.8 Å². The third-order valence-corrected chi connectivity index (χ3v) is 3.28. The molecule has 0 saturated carbocycles. The van der Waals surface area contributed by atoms with Crippen LogP contribution in [0.5, 0.6) is 0 Å². The standard InChI is InChI=1S/C14H17N3O2/c1-10-6-7-16-9-13(10)19-14(18)17-12-4-2-11(8-15)3-5-12/h2-5,10,13,16H,6-7,9H2,1H3,(H,17,18). The first kappa shape index (κ1) is 13.4. The van der Waals surface area contributed by atoms with Gasteiger partial charge in [-0.2, -0.15) is 5.26 Å². The maximum Gasteiger partial charge on any atom is 0.411 e. The van der Waals surface area contributed by atoms with Crippen molar-refractivity contribution in [3.8, 4) is 6.07 Å². The number of piperidine rings is 1. The van der Waals surface area contributed by atoms with E-state index in [0.717, 1.165) is 13.0 Å². The Bertz CT molecular complexity index is 478. The Kier molecular flexibility index (Phi) is 4.37. The molecule has 0 aliphatic carbocycles. The first-order valence-corrected chi connectivity index (χ1v) is 6.37. The Morgan fingerprint density at radius 3 is 2.84 bits per heavy atom. The van der Waals surface area contributed by atoms with Crippen LogP contribution in [0.1, 0.15) is 18.9 Å². The molecular formula is C14H17N3O2. The first-order chi connectivity index (χ1) is 9.19. The van der Waals surface area contributed by atoms with Crippen LogP contribution in [0, 0.1) is 17.2 Å². The molecule has 0 bridgehead atoms. The van der Waals surface area contributed by atoms with E-state index in [-0.39, 0.29) is 6.10 Å². The van der Waals surface area contributed by atoms with Gasteiger partial charge in [0.05, 0.1) is 11.6 Å². The van der Waals surface area contributed by atoms with E-state index in [1.165, 1.54) is 0 Å². The van der Waals surface area contributed by atoms with Gasteiger partial charge in [-0.1, -0.05) is 6.92 Å². The number of nitrogens with zero attached hydrogens (tertiary/aromatic N) is 1. The Hall–Kier alpha value is -2.06. The van der Waals surface area contributed by atoms with E-state index in [1.54, 1.807) is 24.3 Å². The minimum absolute atomic E-state index is 0.0906. The molecule has 1 amide bonds. The Labute approximate surface area is 112 Å². The lowest BCUT2D eigenvalue weighted by atomic mass is 9.97. The zero-order chi connectivity index (χ0) is 13.7. The lowest BCUT2D eigenvalue weighted by Gasteiger charge is -2.29.